The van der Waals surface area contributed by atoms with Crippen LogP contribution in [-0.4, -0.2) is 23.8 Å². The summed E-state index contributed by atoms with van der Waals surface area (Å²) in [7, 11) is 0. The Balaban J connectivity index is 1.81. The quantitative estimate of drug-likeness (QED) is 0.779. The Morgan fingerprint density at radius 3 is 3.18 bits per heavy atom. The molecule has 2 atom stereocenters. The highest BCUT2D eigenvalue weighted by Gasteiger charge is 2.25. The summed E-state index contributed by atoms with van der Waals surface area (Å²) in [6.07, 6.45) is 6.10. The monoisotopic (exact) mass is 287 g/mol. The molecule has 2 rings (SSSR count). The van der Waals surface area contributed by atoms with Gasteiger partial charge in [0.25, 0.3) is 0 Å². The van der Waals surface area contributed by atoms with Gasteiger partial charge in [-0.25, -0.2) is 0 Å². The van der Waals surface area contributed by atoms with Gasteiger partial charge in [0.15, 0.2) is 0 Å². The van der Waals surface area contributed by atoms with Crippen LogP contribution in [0.1, 0.15) is 37.8 Å². The van der Waals surface area contributed by atoms with Crippen molar-refractivity contribution in [1.29, 1.82) is 0 Å². The first-order valence-corrected chi connectivity index (χ1v) is 9.43. The third-order valence-corrected chi connectivity index (χ3v) is 6.12. The first-order valence-electron chi connectivity index (χ1n) is 6.27. The molecule has 0 fully saturated rings. The van der Waals surface area contributed by atoms with E-state index < -0.39 is 0 Å². The Kier molecular flexibility index (Phi) is 5.74. The molecule has 0 radical (unpaired) electrons. The molecule has 4 heteroatoms. The highest BCUT2D eigenvalue weighted by atomic mass is 32.2. The predicted molar refractivity (Wildman–Crippen MR) is 82.6 cm³/mol. The average Bonchev–Trinajstić information content (AvgIpc) is 2.76. The molecule has 0 aliphatic carbocycles. The zero-order valence-corrected chi connectivity index (χ0v) is 13.0. The zero-order chi connectivity index (χ0) is 12.1. The number of fused-ring (bicyclic) bond motifs is 1. The van der Waals surface area contributed by atoms with Crippen LogP contribution in [0.4, 0.5) is 0 Å². The highest BCUT2D eigenvalue weighted by molar-refractivity contribution is 8.01. The molecule has 0 aromatic carbocycles. The molecule has 0 spiro atoms. The van der Waals surface area contributed by atoms with Gasteiger partial charge >= 0.3 is 0 Å². The minimum Gasteiger partial charge on any atom is -0.310 e. The van der Waals surface area contributed by atoms with E-state index in [4.69, 9.17) is 0 Å². The summed E-state index contributed by atoms with van der Waals surface area (Å²) in [5, 5.41) is 6.73. The fourth-order valence-electron chi connectivity index (χ4n) is 2.19. The standard InChI is InChI=1S/C13H21NS3/c1-10-9-12(14-6-3-4-7-15-2)11-5-8-16-13(11)17-10/h5,8,10,12,14H,3-4,6-7,9H2,1-2H3/t10-,12?/m0/s1. The van der Waals surface area contributed by atoms with E-state index in [1.807, 2.05) is 34.9 Å². The normalized spacial score (nSPS) is 23.6. The smallest absolute Gasteiger partial charge is 0.0649 e. The van der Waals surface area contributed by atoms with Crippen molar-refractivity contribution in [3.05, 3.63) is 17.0 Å². The van der Waals surface area contributed by atoms with Gasteiger partial charge in [0, 0.05) is 11.3 Å². The number of unbranched alkanes of at least 4 members (excludes halogenated alkanes) is 1. The predicted octanol–water partition coefficient (Wildman–Crippen LogP) is 4.41. The van der Waals surface area contributed by atoms with Gasteiger partial charge in [-0.05, 0) is 54.8 Å². The van der Waals surface area contributed by atoms with Crippen LogP contribution in [0.5, 0.6) is 0 Å². The Hall–Kier alpha value is 0.360. The molecule has 2 heterocycles. The SMILES string of the molecule is CSCCCCNC1C[C@H](C)Sc2sccc21. The topological polar surface area (TPSA) is 12.0 Å². The fourth-order valence-corrected chi connectivity index (χ4v) is 5.25. The van der Waals surface area contributed by atoms with Crippen molar-refractivity contribution >= 4 is 34.9 Å². The van der Waals surface area contributed by atoms with E-state index >= 15 is 0 Å². The summed E-state index contributed by atoms with van der Waals surface area (Å²) in [6, 6.07) is 2.90. The minimum absolute atomic E-state index is 0.599. The molecular formula is C13H21NS3. The molecule has 1 unspecified atom stereocenters. The molecule has 1 nitrogen and oxygen atoms in total. The second-order valence-corrected chi connectivity index (χ2v) is 8.14. The number of thiophene rings is 1. The number of thioether (sulfide) groups is 2. The first kappa shape index (κ1) is 13.8. The summed E-state index contributed by atoms with van der Waals surface area (Å²) in [5.41, 5.74) is 1.54. The molecule has 0 bridgehead atoms. The molecule has 1 aliphatic heterocycles. The lowest BCUT2D eigenvalue weighted by molar-refractivity contribution is 0.481. The largest absolute Gasteiger partial charge is 0.310 e. The van der Waals surface area contributed by atoms with Crippen LogP contribution in [0, 0.1) is 0 Å². The van der Waals surface area contributed by atoms with Crippen molar-refractivity contribution in [2.45, 2.75) is 41.7 Å². The van der Waals surface area contributed by atoms with Gasteiger partial charge in [0.2, 0.25) is 0 Å². The van der Waals surface area contributed by atoms with Crippen molar-refractivity contribution < 1.29 is 0 Å². The van der Waals surface area contributed by atoms with Crippen molar-refractivity contribution in [3.63, 3.8) is 0 Å². The lowest BCUT2D eigenvalue weighted by atomic mass is 10.0. The van der Waals surface area contributed by atoms with Crippen LogP contribution >= 0.6 is 34.9 Å². The molecule has 1 aromatic rings. The third-order valence-electron chi connectivity index (χ3n) is 3.08. The Morgan fingerprint density at radius 2 is 2.35 bits per heavy atom. The van der Waals surface area contributed by atoms with E-state index in [1.54, 1.807) is 5.56 Å². The van der Waals surface area contributed by atoms with E-state index in [0.717, 1.165) is 11.8 Å². The maximum atomic E-state index is 3.74. The van der Waals surface area contributed by atoms with Gasteiger partial charge in [-0.15, -0.1) is 23.1 Å². The first-order chi connectivity index (χ1) is 8.31. The van der Waals surface area contributed by atoms with Gasteiger partial charge in [-0.1, -0.05) is 6.92 Å². The Bertz CT molecular complexity index is 337. The van der Waals surface area contributed by atoms with E-state index in [1.165, 1.54) is 29.2 Å². The lowest BCUT2D eigenvalue weighted by Crippen LogP contribution is -2.27. The van der Waals surface area contributed by atoms with Crippen LogP contribution in [-0.2, 0) is 0 Å². The van der Waals surface area contributed by atoms with Gasteiger partial charge in [0.1, 0.15) is 0 Å². The molecule has 1 aliphatic rings. The summed E-state index contributed by atoms with van der Waals surface area (Å²) < 4.78 is 1.53. The van der Waals surface area contributed by atoms with E-state index in [-0.39, 0.29) is 0 Å². The second kappa shape index (κ2) is 7.07. The summed E-state index contributed by atoms with van der Waals surface area (Å²) >= 11 is 5.89. The van der Waals surface area contributed by atoms with Crippen molar-refractivity contribution in [2.75, 3.05) is 18.6 Å². The Morgan fingerprint density at radius 1 is 1.47 bits per heavy atom. The van der Waals surface area contributed by atoms with Gasteiger partial charge in [0.05, 0.1) is 4.21 Å². The van der Waals surface area contributed by atoms with Gasteiger partial charge < -0.3 is 5.32 Å². The van der Waals surface area contributed by atoms with Crippen molar-refractivity contribution in [1.82, 2.24) is 5.32 Å². The number of hydrogen-bond acceptors (Lipinski definition) is 4. The van der Waals surface area contributed by atoms with Crippen LogP contribution < -0.4 is 5.32 Å². The lowest BCUT2D eigenvalue weighted by Gasteiger charge is -2.27. The summed E-state index contributed by atoms with van der Waals surface area (Å²) in [4.78, 5) is 0. The van der Waals surface area contributed by atoms with E-state index in [9.17, 15) is 0 Å². The van der Waals surface area contributed by atoms with Crippen molar-refractivity contribution in [2.24, 2.45) is 0 Å². The molecule has 1 N–H and O–H groups in total. The second-order valence-electron chi connectivity index (χ2n) is 4.53. The maximum Gasteiger partial charge on any atom is 0.0649 e. The van der Waals surface area contributed by atoms with E-state index in [0.29, 0.717) is 6.04 Å². The molecule has 0 saturated carbocycles. The number of nitrogens with one attached hydrogen (secondary N) is 1. The maximum absolute atomic E-state index is 3.74. The van der Waals surface area contributed by atoms with Gasteiger partial charge in [-0.2, -0.15) is 11.8 Å². The fraction of sp³-hybridized carbons (Fsp3) is 0.692. The molecule has 0 amide bonds. The molecular weight excluding hydrogens is 266 g/mol. The molecule has 1 aromatic heterocycles. The van der Waals surface area contributed by atoms with E-state index in [2.05, 4.69) is 29.9 Å². The van der Waals surface area contributed by atoms with Gasteiger partial charge in [-0.3, -0.25) is 0 Å². The summed E-state index contributed by atoms with van der Waals surface area (Å²) in [5.74, 6) is 1.29. The number of hydrogen-bond donors (Lipinski definition) is 1. The minimum atomic E-state index is 0.599. The average molecular weight is 288 g/mol. The molecule has 96 valence electrons. The molecule has 0 saturated heterocycles. The third kappa shape index (κ3) is 3.91. The van der Waals surface area contributed by atoms with Crippen LogP contribution in [0.2, 0.25) is 0 Å². The summed E-state index contributed by atoms with van der Waals surface area (Å²) in [6.45, 7) is 3.51. The number of rotatable bonds is 6. The Labute approximate surface area is 117 Å². The zero-order valence-electron chi connectivity index (χ0n) is 10.6. The van der Waals surface area contributed by atoms with Crippen LogP contribution in [0.3, 0.4) is 0 Å². The van der Waals surface area contributed by atoms with Crippen molar-refractivity contribution in [3.8, 4) is 0 Å². The molecule has 17 heavy (non-hydrogen) atoms. The van der Waals surface area contributed by atoms with Crippen LogP contribution in [0.15, 0.2) is 15.7 Å². The van der Waals surface area contributed by atoms with Crippen LogP contribution in [0.25, 0.3) is 0 Å². The highest BCUT2D eigenvalue weighted by Crippen LogP contribution is 2.43.